The van der Waals surface area contributed by atoms with Crippen molar-refractivity contribution in [2.24, 2.45) is 5.73 Å². The first-order valence-electron chi connectivity index (χ1n) is 8.42. The highest BCUT2D eigenvalue weighted by Crippen LogP contribution is 2.01. The molecule has 142 valence electrons. The van der Waals surface area contributed by atoms with Crippen molar-refractivity contribution in [1.29, 1.82) is 0 Å². The minimum Gasteiger partial charge on any atom is -0.390 e. The summed E-state index contributed by atoms with van der Waals surface area (Å²) in [5.41, 5.74) is 5.48. The lowest BCUT2D eigenvalue weighted by molar-refractivity contribution is -0.124. The van der Waals surface area contributed by atoms with Crippen molar-refractivity contribution in [3.63, 3.8) is 0 Å². The van der Waals surface area contributed by atoms with Crippen molar-refractivity contribution >= 4 is 11.8 Å². The van der Waals surface area contributed by atoms with Crippen LogP contribution in [0.2, 0.25) is 0 Å². The first-order valence-corrected chi connectivity index (χ1v) is 8.42. The number of hydrogen-bond acceptors (Lipinski definition) is 7. The molecule has 3 atom stereocenters. The summed E-state index contributed by atoms with van der Waals surface area (Å²) >= 11 is 0. The summed E-state index contributed by atoms with van der Waals surface area (Å²) in [7, 11) is 5.17. The molecule has 0 aliphatic rings. The first-order chi connectivity index (χ1) is 11.5. The lowest BCUT2D eigenvalue weighted by Gasteiger charge is -2.18. The Morgan fingerprint density at radius 3 is 2.12 bits per heavy atom. The van der Waals surface area contributed by atoms with Crippen LogP contribution in [0.3, 0.4) is 0 Å². The number of aliphatic hydroxyl groups is 1. The number of nitrogens with two attached hydrogens (primary N) is 1. The van der Waals surface area contributed by atoms with Crippen LogP contribution < -0.4 is 32.3 Å². The van der Waals surface area contributed by atoms with E-state index in [1.807, 2.05) is 0 Å². The van der Waals surface area contributed by atoms with E-state index in [1.54, 1.807) is 21.1 Å². The van der Waals surface area contributed by atoms with E-state index in [9.17, 15) is 14.7 Å². The molecule has 24 heavy (non-hydrogen) atoms. The Morgan fingerprint density at radius 1 is 0.958 bits per heavy atom. The number of likely N-dealkylation sites (N-methyl/N-ethyl adjacent to an activating group) is 3. The third-order valence-corrected chi connectivity index (χ3v) is 3.74. The number of aliphatic hydroxyl groups excluding tert-OH is 1. The topological polar surface area (TPSA) is 141 Å². The second-order valence-electron chi connectivity index (χ2n) is 5.66. The van der Waals surface area contributed by atoms with E-state index in [1.165, 1.54) is 0 Å². The lowest BCUT2D eigenvalue weighted by atomic mass is 10.1. The van der Waals surface area contributed by atoms with Crippen LogP contribution in [-0.2, 0) is 9.59 Å². The maximum atomic E-state index is 12.0. The van der Waals surface area contributed by atoms with Crippen molar-refractivity contribution in [2.75, 3.05) is 47.3 Å². The molecule has 0 aliphatic carbocycles. The summed E-state index contributed by atoms with van der Waals surface area (Å²) in [4.78, 5) is 23.7. The molecule has 0 rings (SSSR count). The van der Waals surface area contributed by atoms with E-state index >= 15 is 0 Å². The van der Waals surface area contributed by atoms with E-state index in [0.29, 0.717) is 19.5 Å². The van der Waals surface area contributed by atoms with Gasteiger partial charge in [-0.15, -0.1) is 0 Å². The van der Waals surface area contributed by atoms with Crippen LogP contribution in [0.4, 0.5) is 0 Å². The molecular formula is C15H34N6O3. The Bertz CT molecular complexity index is 352. The predicted octanol–water partition coefficient (Wildman–Crippen LogP) is -2.90. The minimum atomic E-state index is -0.602. The third-order valence-electron chi connectivity index (χ3n) is 3.74. The number of amides is 2. The van der Waals surface area contributed by atoms with Gasteiger partial charge in [-0.1, -0.05) is 0 Å². The average molecular weight is 346 g/mol. The number of nitrogens with one attached hydrogen (secondary N) is 5. The molecule has 0 heterocycles. The largest absolute Gasteiger partial charge is 0.390 e. The fourth-order valence-corrected chi connectivity index (χ4v) is 2.22. The smallest absolute Gasteiger partial charge is 0.238 e. The monoisotopic (exact) mass is 346 g/mol. The molecule has 0 aromatic carbocycles. The molecule has 0 saturated heterocycles. The zero-order valence-electron chi connectivity index (χ0n) is 15.0. The van der Waals surface area contributed by atoms with Gasteiger partial charge in [0.15, 0.2) is 0 Å². The van der Waals surface area contributed by atoms with Crippen molar-refractivity contribution < 1.29 is 14.7 Å². The van der Waals surface area contributed by atoms with Gasteiger partial charge in [0.1, 0.15) is 0 Å². The van der Waals surface area contributed by atoms with E-state index < -0.39 is 6.10 Å². The van der Waals surface area contributed by atoms with Gasteiger partial charge in [0.25, 0.3) is 0 Å². The highest BCUT2D eigenvalue weighted by Gasteiger charge is 2.17. The summed E-state index contributed by atoms with van der Waals surface area (Å²) < 4.78 is 0. The van der Waals surface area contributed by atoms with Crippen LogP contribution in [0.1, 0.15) is 19.3 Å². The first kappa shape index (κ1) is 22.7. The minimum absolute atomic E-state index is 0.110. The molecule has 0 radical (unpaired) electrons. The zero-order valence-corrected chi connectivity index (χ0v) is 15.0. The molecule has 1 unspecified atom stereocenters. The Labute approximate surface area is 144 Å². The fraction of sp³-hybridized carbons (Fsp3) is 0.867. The van der Waals surface area contributed by atoms with Crippen molar-refractivity contribution in [3.05, 3.63) is 0 Å². The molecule has 0 aromatic rings. The fourth-order valence-electron chi connectivity index (χ4n) is 2.22. The van der Waals surface area contributed by atoms with E-state index in [4.69, 9.17) is 5.73 Å². The van der Waals surface area contributed by atoms with Crippen LogP contribution >= 0.6 is 0 Å². The maximum Gasteiger partial charge on any atom is 0.238 e. The third kappa shape index (κ3) is 9.78. The number of carbonyl (C=O) groups excluding carboxylic acids is 2. The highest BCUT2D eigenvalue weighted by atomic mass is 16.3. The van der Waals surface area contributed by atoms with Gasteiger partial charge >= 0.3 is 0 Å². The van der Waals surface area contributed by atoms with E-state index in [-0.39, 0.29) is 37.0 Å². The molecule has 8 N–H and O–H groups in total. The number of rotatable bonds is 14. The van der Waals surface area contributed by atoms with Gasteiger partial charge in [-0.2, -0.15) is 0 Å². The molecule has 0 spiro atoms. The van der Waals surface area contributed by atoms with Crippen molar-refractivity contribution in [3.8, 4) is 0 Å². The standard InChI is InChI=1S/C15H34N6O3/c1-17-9-11(22)10-21-14(23)12(18-2)6-4-5-7-20-15(24)13(8-16)19-3/h11-13,17-19,22H,4-10,16H2,1-3H3,(H,20,24)(H,21,23)/t11?,12-,13-/m0/s1. The van der Waals surface area contributed by atoms with Gasteiger partial charge in [0.05, 0.1) is 18.2 Å². The highest BCUT2D eigenvalue weighted by molar-refractivity contribution is 5.82. The Kier molecular flexibility index (Phi) is 13.4. The van der Waals surface area contributed by atoms with Crippen LogP contribution in [0, 0.1) is 0 Å². The Hall–Kier alpha value is -1.26. The van der Waals surface area contributed by atoms with Crippen LogP contribution in [0.15, 0.2) is 0 Å². The SMILES string of the molecule is CNCC(O)CNC(=O)[C@H](CCCCNC(=O)[C@H](CN)NC)NC. The zero-order chi connectivity index (χ0) is 18.4. The second kappa shape index (κ2) is 14.1. The van der Waals surface area contributed by atoms with Crippen molar-refractivity contribution in [1.82, 2.24) is 26.6 Å². The summed E-state index contributed by atoms with van der Waals surface area (Å²) in [6.07, 6.45) is 1.63. The van der Waals surface area contributed by atoms with Gasteiger partial charge in [-0.3, -0.25) is 9.59 Å². The number of hydrogen-bond donors (Lipinski definition) is 7. The quantitative estimate of drug-likeness (QED) is 0.167. The molecule has 0 fully saturated rings. The molecule has 0 bridgehead atoms. The van der Waals surface area contributed by atoms with Gasteiger partial charge in [-0.05, 0) is 40.4 Å². The van der Waals surface area contributed by atoms with Gasteiger partial charge < -0.3 is 37.4 Å². The molecule has 0 saturated carbocycles. The molecule has 2 amide bonds. The average Bonchev–Trinajstić information content (AvgIpc) is 2.57. The van der Waals surface area contributed by atoms with Crippen LogP contribution in [0.5, 0.6) is 0 Å². The van der Waals surface area contributed by atoms with Crippen LogP contribution in [0.25, 0.3) is 0 Å². The van der Waals surface area contributed by atoms with Crippen LogP contribution in [-0.4, -0.2) is 82.4 Å². The second-order valence-corrected chi connectivity index (χ2v) is 5.66. The molecule has 9 heteroatoms. The number of carbonyl (C=O) groups is 2. The van der Waals surface area contributed by atoms with Gasteiger partial charge in [0, 0.05) is 26.2 Å². The Morgan fingerprint density at radius 2 is 1.58 bits per heavy atom. The Balaban J connectivity index is 3.93. The molecular weight excluding hydrogens is 312 g/mol. The predicted molar refractivity (Wildman–Crippen MR) is 94.6 cm³/mol. The van der Waals surface area contributed by atoms with Gasteiger partial charge in [-0.25, -0.2) is 0 Å². The summed E-state index contributed by atoms with van der Waals surface area (Å²) in [6, 6.07) is -0.679. The van der Waals surface area contributed by atoms with Crippen molar-refractivity contribution in [2.45, 2.75) is 37.5 Å². The summed E-state index contributed by atoms with van der Waals surface area (Å²) in [6.45, 7) is 1.46. The summed E-state index contributed by atoms with van der Waals surface area (Å²) in [5.74, 6) is -0.239. The van der Waals surface area contributed by atoms with Gasteiger partial charge in [0.2, 0.25) is 11.8 Å². The maximum absolute atomic E-state index is 12.0. The molecule has 0 aromatic heterocycles. The van der Waals surface area contributed by atoms with E-state index in [2.05, 4.69) is 26.6 Å². The van der Waals surface area contributed by atoms with E-state index in [0.717, 1.165) is 12.8 Å². The number of unbranched alkanes of at least 4 members (excludes halogenated alkanes) is 1. The lowest BCUT2D eigenvalue weighted by Crippen LogP contribution is -2.47. The summed E-state index contributed by atoms with van der Waals surface area (Å²) in [5, 5.41) is 23.8. The molecule has 0 aliphatic heterocycles. The molecule has 9 nitrogen and oxygen atoms in total. The normalized spacial score (nSPS) is 14.7.